The van der Waals surface area contributed by atoms with Gasteiger partial charge in [0.15, 0.2) is 0 Å². The molecule has 1 rings (SSSR count). The van der Waals surface area contributed by atoms with E-state index >= 15 is 0 Å². The molecule has 0 aliphatic heterocycles. The number of benzene rings is 1. The molecule has 0 saturated heterocycles. The van der Waals surface area contributed by atoms with Crippen molar-refractivity contribution in [2.45, 2.75) is 11.8 Å². The van der Waals surface area contributed by atoms with Crippen molar-refractivity contribution in [2.75, 3.05) is 0 Å². The normalized spacial score (nSPS) is 11.8. The minimum atomic E-state index is -2.46. The van der Waals surface area contributed by atoms with Crippen LogP contribution in [0.3, 0.4) is 0 Å². The van der Waals surface area contributed by atoms with Crippen LogP contribution in [0.4, 0.5) is 0 Å². The maximum Gasteiger partial charge on any atom is 1.00 e. The number of hydrogen-bond acceptors (Lipinski definition) is 4. The standard InChI is InChI=1S/C7H8O3S2.K/c1-6-2-4-7(5-3-6)11-10-12(8)9;/h2-5H,1H3,(H,8,9);/q;+1/p-1. The van der Waals surface area contributed by atoms with Gasteiger partial charge < -0.3 is 4.55 Å². The van der Waals surface area contributed by atoms with Crippen LogP contribution >= 0.6 is 12.0 Å². The fourth-order valence-electron chi connectivity index (χ4n) is 0.661. The molecule has 0 N–H and O–H groups in total. The van der Waals surface area contributed by atoms with Crippen molar-refractivity contribution >= 4 is 23.4 Å². The Morgan fingerprint density at radius 3 is 2.38 bits per heavy atom. The first-order chi connectivity index (χ1) is 5.68. The van der Waals surface area contributed by atoms with Crippen LogP contribution in [0.1, 0.15) is 5.56 Å². The van der Waals surface area contributed by atoms with Crippen LogP contribution in [-0.2, 0) is 15.0 Å². The monoisotopic (exact) mass is 242 g/mol. The maximum atomic E-state index is 10.00. The zero-order valence-electron chi connectivity index (χ0n) is 7.35. The van der Waals surface area contributed by atoms with Crippen molar-refractivity contribution in [3.05, 3.63) is 29.8 Å². The van der Waals surface area contributed by atoms with Crippen molar-refractivity contribution in [1.29, 1.82) is 0 Å². The number of hydrogen-bond donors (Lipinski definition) is 0. The van der Waals surface area contributed by atoms with E-state index < -0.39 is 11.4 Å². The second-order valence-electron chi connectivity index (χ2n) is 2.17. The summed E-state index contributed by atoms with van der Waals surface area (Å²) in [5.74, 6) is 0. The van der Waals surface area contributed by atoms with E-state index in [1.807, 2.05) is 19.1 Å². The first-order valence-electron chi connectivity index (χ1n) is 3.19. The van der Waals surface area contributed by atoms with E-state index in [2.05, 4.69) is 3.63 Å². The summed E-state index contributed by atoms with van der Waals surface area (Å²) >= 11 is -1.63. The Kier molecular flexibility index (Phi) is 8.29. The Morgan fingerprint density at radius 1 is 1.38 bits per heavy atom. The van der Waals surface area contributed by atoms with Gasteiger partial charge in [-0.15, -0.1) is 0 Å². The van der Waals surface area contributed by atoms with Gasteiger partial charge in [0.2, 0.25) is 0 Å². The van der Waals surface area contributed by atoms with Crippen LogP contribution in [0.15, 0.2) is 29.2 Å². The Morgan fingerprint density at radius 2 is 1.92 bits per heavy atom. The summed E-state index contributed by atoms with van der Waals surface area (Å²) in [6, 6.07) is 7.37. The van der Waals surface area contributed by atoms with Crippen molar-refractivity contribution in [3.63, 3.8) is 0 Å². The van der Waals surface area contributed by atoms with E-state index in [9.17, 15) is 8.76 Å². The fourth-order valence-corrected chi connectivity index (χ4v) is 1.44. The molecule has 1 atom stereocenters. The van der Waals surface area contributed by atoms with E-state index in [0.717, 1.165) is 22.5 Å². The van der Waals surface area contributed by atoms with E-state index in [-0.39, 0.29) is 51.4 Å². The molecule has 66 valence electrons. The van der Waals surface area contributed by atoms with Crippen LogP contribution < -0.4 is 51.4 Å². The molecule has 0 saturated carbocycles. The first kappa shape index (κ1) is 14.3. The molecule has 13 heavy (non-hydrogen) atoms. The Balaban J connectivity index is 0.00000144. The van der Waals surface area contributed by atoms with Crippen molar-refractivity contribution in [3.8, 4) is 0 Å². The molecule has 1 aromatic rings. The molecule has 0 bridgehead atoms. The van der Waals surface area contributed by atoms with Gasteiger partial charge in [-0.1, -0.05) is 17.7 Å². The molecule has 0 amide bonds. The van der Waals surface area contributed by atoms with E-state index in [4.69, 9.17) is 0 Å². The van der Waals surface area contributed by atoms with Gasteiger partial charge in [0, 0.05) is 16.9 Å². The van der Waals surface area contributed by atoms with Gasteiger partial charge in [-0.25, -0.2) is 7.84 Å². The van der Waals surface area contributed by atoms with Crippen LogP contribution in [0.5, 0.6) is 0 Å². The zero-order valence-corrected chi connectivity index (χ0v) is 12.1. The average molecular weight is 242 g/mol. The molecule has 6 heteroatoms. The third kappa shape index (κ3) is 6.37. The summed E-state index contributed by atoms with van der Waals surface area (Å²) in [6.45, 7) is 1.96. The molecule has 0 spiro atoms. The quantitative estimate of drug-likeness (QED) is 0.380. The minimum absolute atomic E-state index is 0. The van der Waals surface area contributed by atoms with Gasteiger partial charge in [-0.2, -0.15) is 0 Å². The molecule has 0 radical (unpaired) electrons. The van der Waals surface area contributed by atoms with Crippen LogP contribution in [0.25, 0.3) is 0 Å². The largest absolute Gasteiger partial charge is 1.00 e. The van der Waals surface area contributed by atoms with Crippen LogP contribution in [-0.4, -0.2) is 8.76 Å². The van der Waals surface area contributed by atoms with Gasteiger partial charge in [-0.3, -0.25) is 0 Å². The first-order valence-corrected chi connectivity index (χ1v) is 4.93. The molecular formula is C7H7KO3S2. The topological polar surface area (TPSA) is 49.4 Å². The maximum absolute atomic E-state index is 10.00. The third-order valence-electron chi connectivity index (χ3n) is 1.21. The third-order valence-corrected chi connectivity index (χ3v) is 2.39. The Bertz CT molecular complexity index is 276. The summed E-state index contributed by atoms with van der Waals surface area (Å²) in [4.78, 5) is 0.768. The molecule has 0 fully saturated rings. The molecule has 1 unspecified atom stereocenters. The minimum Gasteiger partial charge on any atom is -0.749 e. The fraction of sp³-hybridized carbons (Fsp3) is 0.143. The van der Waals surface area contributed by atoms with Crippen LogP contribution in [0.2, 0.25) is 0 Å². The summed E-state index contributed by atoms with van der Waals surface area (Å²) in [7, 11) is 0. The van der Waals surface area contributed by atoms with Gasteiger partial charge in [0.05, 0.1) is 11.4 Å². The van der Waals surface area contributed by atoms with Crippen molar-refractivity contribution < 1.29 is 63.8 Å². The predicted octanol–water partition coefficient (Wildman–Crippen LogP) is -1.18. The van der Waals surface area contributed by atoms with Gasteiger partial charge in [-0.05, 0) is 19.1 Å². The molecule has 0 aromatic heterocycles. The molecule has 0 aliphatic carbocycles. The summed E-state index contributed by atoms with van der Waals surface area (Å²) in [5.41, 5.74) is 1.13. The molecular weight excluding hydrogens is 235 g/mol. The SMILES string of the molecule is Cc1ccc(SOS(=O)[O-])cc1.[K+]. The van der Waals surface area contributed by atoms with E-state index in [1.165, 1.54) is 0 Å². The second kappa shape index (κ2) is 7.55. The Labute approximate surface area is 127 Å². The van der Waals surface area contributed by atoms with Gasteiger partial charge in [0.25, 0.3) is 0 Å². The zero-order chi connectivity index (χ0) is 8.97. The summed E-state index contributed by atoms with van der Waals surface area (Å²) in [5, 5.41) is 0. The van der Waals surface area contributed by atoms with Gasteiger partial charge >= 0.3 is 51.4 Å². The van der Waals surface area contributed by atoms with E-state index in [1.54, 1.807) is 12.1 Å². The molecule has 0 heterocycles. The smallest absolute Gasteiger partial charge is 0.749 e. The van der Waals surface area contributed by atoms with Crippen molar-refractivity contribution in [2.24, 2.45) is 0 Å². The van der Waals surface area contributed by atoms with Gasteiger partial charge in [0.1, 0.15) is 0 Å². The summed E-state index contributed by atoms with van der Waals surface area (Å²) < 4.78 is 24.3. The molecule has 3 nitrogen and oxygen atoms in total. The van der Waals surface area contributed by atoms with Crippen LogP contribution in [0, 0.1) is 6.92 Å². The number of rotatable bonds is 3. The predicted molar refractivity (Wildman–Crippen MR) is 47.0 cm³/mol. The number of aryl methyl sites for hydroxylation is 1. The van der Waals surface area contributed by atoms with E-state index in [0.29, 0.717) is 0 Å². The Hall–Kier alpha value is 1.28. The summed E-state index contributed by atoms with van der Waals surface area (Å²) in [6.07, 6.45) is 0. The molecule has 0 aliphatic rings. The average Bonchev–Trinajstić information content (AvgIpc) is 2.03. The molecule has 1 aromatic carbocycles. The second-order valence-corrected chi connectivity index (χ2v) is 3.76. The van der Waals surface area contributed by atoms with Crippen molar-refractivity contribution in [1.82, 2.24) is 0 Å².